The Hall–Kier alpha value is -2.86. The number of morpholine rings is 1. The van der Waals surface area contributed by atoms with Crippen LogP contribution in [0.1, 0.15) is 31.7 Å². The van der Waals surface area contributed by atoms with E-state index in [4.69, 9.17) is 4.74 Å². The normalized spacial score (nSPS) is 16.1. The van der Waals surface area contributed by atoms with Gasteiger partial charge in [-0.25, -0.2) is 18.4 Å². The molecule has 1 aliphatic rings. The average molecular weight is 515 g/mol. The maximum atomic E-state index is 13.5. The van der Waals surface area contributed by atoms with Gasteiger partial charge in [-0.05, 0) is 43.0 Å². The minimum absolute atomic E-state index is 0.133. The third kappa shape index (κ3) is 5.75. The van der Waals surface area contributed by atoms with Crippen LogP contribution in [-0.4, -0.2) is 77.6 Å². The number of aryl methyl sites for hydroxylation is 1. The highest BCUT2D eigenvalue weighted by molar-refractivity contribution is 7.89. The number of likely N-dealkylation sites (N-methyl/N-ethyl adjacent to an activating group) is 1. The number of amides is 1. The summed E-state index contributed by atoms with van der Waals surface area (Å²) >= 11 is 0. The van der Waals surface area contributed by atoms with Gasteiger partial charge in [-0.1, -0.05) is 26.0 Å². The highest BCUT2D eigenvalue weighted by Crippen LogP contribution is 2.22. The Kier molecular flexibility index (Phi) is 8.04. The third-order valence-corrected chi connectivity index (χ3v) is 8.28. The molecule has 1 N–H and O–H groups in total. The van der Waals surface area contributed by atoms with Gasteiger partial charge in [0.25, 0.3) is 5.91 Å². The maximum Gasteiger partial charge on any atom is 0.252 e. The van der Waals surface area contributed by atoms with Crippen molar-refractivity contribution < 1.29 is 17.9 Å². The SMILES string of the molecule is Cc1nc2ccncc2n1Cc1ccc(S(=O)(=O)N(C)[C@@H](CC(C)C)C(=O)NN2CCOCC2)cc1. The number of benzene rings is 1. The van der Waals surface area contributed by atoms with E-state index in [1.165, 1.54) is 11.4 Å². The van der Waals surface area contributed by atoms with Crippen molar-refractivity contribution in [1.29, 1.82) is 0 Å². The van der Waals surface area contributed by atoms with E-state index < -0.39 is 16.1 Å². The van der Waals surface area contributed by atoms with Gasteiger partial charge in [0.05, 0.1) is 35.3 Å². The van der Waals surface area contributed by atoms with Crippen molar-refractivity contribution in [3.05, 3.63) is 54.1 Å². The van der Waals surface area contributed by atoms with Gasteiger partial charge in [-0.15, -0.1) is 0 Å². The second-order valence-electron chi connectivity index (χ2n) is 9.50. The number of nitrogens with one attached hydrogen (secondary N) is 1. The van der Waals surface area contributed by atoms with Crippen molar-refractivity contribution in [3.63, 3.8) is 0 Å². The molecular weight excluding hydrogens is 480 g/mol. The molecule has 1 aliphatic heterocycles. The topological polar surface area (TPSA) is 110 Å². The number of hydrogen-bond acceptors (Lipinski definition) is 7. The van der Waals surface area contributed by atoms with Crippen molar-refractivity contribution in [2.24, 2.45) is 5.92 Å². The van der Waals surface area contributed by atoms with Crippen LogP contribution in [-0.2, 0) is 26.1 Å². The summed E-state index contributed by atoms with van der Waals surface area (Å²) in [6.07, 6.45) is 3.90. The maximum absolute atomic E-state index is 13.5. The van der Waals surface area contributed by atoms with Crippen molar-refractivity contribution >= 4 is 27.0 Å². The Morgan fingerprint density at radius 1 is 1.17 bits per heavy atom. The molecule has 4 rings (SSSR count). The van der Waals surface area contributed by atoms with Gasteiger partial charge in [-0.3, -0.25) is 15.2 Å². The third-order valence-electron chi connectivity index (χ3n) is 6.40. The minimum atomic E-state index is -3.89. The van der Waals surface area contributed by atoms with E-state index in [0.717, 1.165) is 22.4 Å². The zero-order valence-corrected chi connectivity index (χ0v) is 22.0. The van der Waals surface area contributed by atoms with Gasteiger partial charge < -0.3 is 9.30 Å². The van der Waals surface area contributed by atoms with Crippen molar-refractivity contribution in [3.8, 4) is 0 Å². The molecule has 0 spiro atoms. The second kappa shape index (κ2) is 11.0. The summed E-state index contributed by atoms with van der Waals surface area (Å²) in [6.45, 7) is 8.62. The van der Waals surface area contributed by atoms with E-state index >= 15 is 0 Å². The molecule has 3 aromatic rings. The zero-order valence-electron chi connectivity index (χ0n) is 21.2. The van der Waals surface area contributed by atoms with Crippen LogP contribution in [0.3, 0.4) is 0 Å². The lowest BCUT2D eigenvalue weighted by Crippen LogP contribution is -2.55. The van der Waals surface area contributed by atoms with Crippen LogP contribution in [0.15, 0.2) is 47.6 Å². The van der Waals surface area contributed by atoms with Gasteiger partial charge in [0.1, 0.15) is 11.9 Å². The van der Waals surface area contributed by atoms with Crippen molar-refractivity contribution in [2.45, 2.75) is 44.7 Å². The molecule has 1 fully saturated rings. The summed E-state index contributed by atoms with van der Waals surface area (Å²) in [5.41, 5.74) is 5.61. The van der Waals surface area contributed by atoms with Crippen LogP contribution in [0.25, 0.3) is 11.0 Å². The fourth-order valence-corrected chi connectivity index (χ4v) is 5.68. The number of aromatic nitrogens is 3. The molecule has 0 radical (unpaired) electrons. The molecule has 3 heterocycles. The standard InChI is InChI=1S/C25H34N6O4S/c1-18(2)15-23(25(32)28-30-11-13-35-14-12-30)29(4)36(33,34)21-7-5-20(6-8-21)17-31-19(3)27-22-9-10-26-16-24(22)31/h5-10,16,18,23H,11-15,17H2,1-4H3,(H,28,32)/t23-/m0/s1. The Morgan fingerprint density at radius 2 is 1.86 bits per heavy atom. The Labute approximate surface area is 212 Å². The molecule has 1 saturated heterocycles. The number of pyridine rings is 1. The molecule has 10 nitrogen and oxygen atoms in total. The Morgan fingerprint density at radius 3 is 2.53 bits per heavy atom. The number of rotatable bonds is 9. The van der Waals surface area contributed by atoms with Crippen molar-refractivity contribution in [2.75, 3.05) is 33.4 Å². The first-order valence-corrected chi connectivity index (χ1v) is 13.6. The van der Waals surface area contributed by atoms with E-state index in [1.807, 2.05) is 31.4 Å². The Bertz CT molecular complexity index is 1300. The summed E-state index contributed by atoms with van der Waals surface area (Å²) < 4.78 is 35.6. The van der Waals surface area contributed by atoms with Gasteiger partial charge in [0.2, 0.25) is 10.0 Å². The molecule has 36 heavy (non-hydrogen) atoms. The fraction of sp³-hybridized carbons (Fsp3) is 0.480. The molecule has 1 aromatic carbocycles. The van der Waals surface area contributed by atoms with Crippen LogP contribution in [0.4, 0.5) is 0 Å². The van der Waals surface area contributed by atoms with Crippen LogP contribution in [0.5, 0.6) is 0 Å². The largest absolute Gasteiger partial charge is 0.379 e. The van der Waals surface area contributed by atoms with Crippen LogP contribution >= 0.6 is 0 Å². The van der Waals surface area contributed by atoms with Crippen LogP contribution in [0, 0.1) is 12.8 Å². The van der Waals surface area contributed by atoms with E-state index in [2.05, 4.69) is 15.4 Å². The number of nitrogens with zero attached hydrogens (tertiary/aromatic N) is 5. The predicted molar refractivity (Wildman–Crippen MR) is 137 cm³/mol. The first-order chi connectivity index (χ1) is 17.2. The lowest BCUT2D eigenvalue weighted by Gasteiger charge is -2.32. The molecule has 2 aromatic heterocycles. The van der Waals surface area contributed by atoms with Crippen LogP contribution in [0.2, 0.25) is 0 Å². The summed E-state index contributed by atoms with van der Waals surface area (Å²) in [6, 6.07) is 7.83. The predicted octanol–water partition coefficient (Wildman–Crippen LogP) is 2.19. The Balaban J connectivity index is 1.52. The number of imidazole rings is 1. The smallest absolute Gasteiger partial charge is 0.252 e. The summed E-state index contributed by atoms with van der Waals surface area (Å²) in [7, 11) is -2.42. The highest BCUT2D eigenvalue weighted by Gasteiger charge is 2.34. The molecule has 0 bridgehead atoms. The lowest BCUT2D eigenvalue weighted by atomic mass is 10.0. The fourth-order valence-electron chi connectivity index (χ4n) is 4.35. The average Bonchev–Trinajstić information content (AvgIpc) is 3.17. The summed E-state index contributed by atoms with van der Waals surface area (Å²) in [4.78, 5) is 22.0. The number of carbonyl (C=O) groups is 1. The first kappa shape index (κ1) is 26.2. The molecule has 0 saturated carbocycles. The summed E-state index contributed by atoms with van der Waals surface area (Å²) in [5.74, 6) is 0.662. The molecule has 1 amide bonds. The van der Waals surface area contributed by atoms with Gasteiger partial charge >= 0.3 is 0 Å². The molecular formula is C25H34N6O4S. The van der Waals surface area contributed by atoms with E-state index in [0.29, 0.717) is 39.3 Å². The van der Waals surface area contributed by atoms with Crippen molar-refractivity contribution in [1.82, 2.24) is 29.3 Å². The molecule has 0 unspecified atom stereocenters. The number of fused-ring (bicyclic) bond motifs is 1. The first-order valence-electron chi connectivity index (χ1n) is 12.1. The second-order valence-corrected chi connectivity index (χ2v) is 11.5. The van der Waals surface area contributed by atoms with Gasteiger partial charge in [0.15, 0.2) is 0 Å². The number of sulfonamides is 1. The number of ether oxygens (including phenoxy) is 1. The number of hydrazine groups is 1. The number of carbonyl (C=O) groups excluding carboxylic acids is 1. The van der Waals surface area contributed by atoms with Gasteiger partial charge in [0, 0.05) is 32.9 Å². The van der Waals surface area contributed by atoms with E-state index in [1.54, 1.807) is 41.7 Å². The van der Waals surface area contributed by atoms with E-state index in [9.17, 15) is 13.2 Å². The molecule has 11 heteroatoms. The molecule has 1 atom stereocenters. The van der Waals surface area contributed by atoms with E-state index in [-0.39, 0.29) is 16.7 Å². The quantitative estimate of drug-likeness (QED) is 0.466. The summed E-state index contributed by atoms with van der Waals surface area (Å²) in [5, 5.41) is 1.78. The lowest BCUT2D eigenvalue weighted by molar-refractivity contribution is -0.132. The highest BCUT2D eigenvalue weighted by atomic mass is 32.2. The zero-order chi connectivity index (χ0) is 25.9. The monoisotopic (exact) mass is 514 g/mol. The number of hydrogen-bond donors (Lipinski definition) is 1. The molecule has 194 valence electrons. The molecule has 0 aliphatic carbocycles. The van der Waals surface area contributed by atoms with Gasteiger partial charge in [-0.2, -0.15) is 4.31 Å². The minimum Gasteiger partial charge on any atom is -0.379 e. The van der Waals surface area contributed by atoms with Crippen LogP contribution < -0.4 is 5.43 Å².